The van der Waals surface area contributed by atoms with Crippen LogP contribution in [0.2, 0.25) is 0 Å². The summed E-state index contributed by atoms with van der Waals surface area (Å²) in [5.41, 5.74) is 4.87. The van der Waals surface area contributed by atoms with E-state index in [1.807, 2.05) is 68.4 Å². The van der Waals surface area contributed by atoms with E-state index in [-0.39, 0.29) is 17.6 Å². The lowest BCUT2D eigenvalue weighted by atomic mass is 10.1. The third kappa shape index (κ3) is 4.09. The van der Waals surface area contributed by atoms with Gasteiger partial charge in [0.15, 0.2) is 5.78 Å². The third-order valence-electron chi connectivity index (χ3n) is 5.21. The molecule has 0 N–H and O–H groups in total. The van der Waals surface area contributed by atoms with Gasteiger partial charge in [-0.25, -0.2) is 0 Å². The second-order valence-electron chi connectivity index (χ2n) is 7.19. The molecule has 0 radical (unpaired) electrons. The number of benzene rings is 2. The molecule has 4 rings (SSSR count). The van der Waals surface area contributed by atoms with Crippen LogP contribution in [0.3, 0.4) is 0 Å². The first-order valence-electron chi connectivity index (χ1n) is 9.83. The van der Waals surface area contributed by atoms with Gasteiger partial charge < -0.3 is 8.98 Å². The SMILES string of the molecule is Cc1cc(C(=O)CSc2nnc(-c3ccccc3)o2)c(C)n1[C@@H](C)c1ccccc1. The fraction of sp³-hybridized carbons (Fsp3) is 0.208. The largest absolute Gasteiger partial charge is 0.411 e. The van der Waals surface area contributed by atoms with Gasteiger partial charge in [-0.1, -0.05) is 60.3 Å². The Balaban J connectivity index is 1.48. The number of hydrogen-bond acceptors (Lipinski definition) is 5. The summed E-state index contributed by atoms with van der Waals surface area (Å²) in [7, 11) is 0. The Hall–Kier alpha value is -3.12. The van der Waals surface area contributed by atoms with Crippen LogP contribution in [0, 0.1) is 13.8 Å². The summed E-state index contributed by atoms with van der Waals surface area (Å²) in [6, 6.07) is 22.0. The number of hydrogen-bond donors (Lipinski definition) is 0. The third-order valence-corrected chi connectivity index (χ3v) is 6.03. The summed E-state index contributed by atoms with van der Waals surface area (Å²) < 4.78 is 7.91. The van der Waals surface area contributed by atoms with E-state index in [2.05, 4.69) is 33.8 Å². The highest BCUT2D eigenvalue weighted by atomic mass is 32.2. The van der Waals surface area contributed by atoms with Crippen LogP contribution in [0.5, 0.6) is 0 Å². The predicted octanol–water partition coefficient (Wildman–Crippen LogP) is 5.74. The first-order chi connectivity index (χ1) is 14.5. The molecule has 6 heteroatoms. The van der Waals surface area contributed by atoms with Gasteiger partial charge in [-0.2, -0.15) is 0 Å². The van der Waals surface area contributed by atoms with Crippen molar-refractivity contribution < 1.29 is 9.21 Å². The Morgan fingerprint density at radius 1 is 1.03 bits per heavy atom. The molecular weight excluding hydrogens is 394 g/mol. The highest BCUT2D eigenvalue weighted by molar-refractivity contribution is 7.99. The average Bonchev–Trinajstić information content (AvgIpc) is 3.37. The van der Waals surface area contributed by atoms with Gasteiger partial charge in [0.05, 0.1) is 11.8 Å². The number of rotatable bonds is 7. The number of nitrogens with zero attached hydrogens (tertiary/aromatic N) is 3. The van der Waals surface area contributed by atoms with Crippen molar-refractivity contribution in [1.82, 2.24) is 14.8 Å². The Bertz CT molecular complexity index is 1150. The minimum Gasteiger partial charge on any atom is -0.411 e. The summed E-state index contributed by atoms with van der Waals surface area (Å²) in [5, 5.41) is 8.53. The Morgan fingerprint density at radius 3 is 2.40 bits per heavy atom. The smallest absolute Gasteiger partial charge is 0.277 e. The molecule has 5 nitrogen and oxygen atoms in total. The van der Waals surface area contributed by atoms with Crippen LogP contribution >= 0.6 is 11.8 Å². The lowest BCUT2D eigenvalue weighted by Gasteiger charge is -2.19. The molecule has 0 unspecified atom stereocenters. The molecule has 0 aliphatic heterocycles. The van der Waals surface area contributed by atoms with E-state index in [1.165, 1.54) is 17.3 Å². The standard InChI is InChI=1S/C24H23N3O2S/c1-16-14-21(18(3)27(16)17(2)19-10-6-4-7-11-19)22(28)15-30-24-26-25-23(29-24)20-12-8-5-9-13-20/h4-14,17H,15H2,1-3H3/t17-/m0/s1. The van der Waals surface area contributed by atoms with Gasteiger partial charge in [0.2, 0.25) is 5.89 Å². The van der Waals surface area contributed by atoms with Crippen LogP contribution in [0.4, 0.5) is 0 Å². The van der Waals surface area contributed by atoms with E-state index >= 15 is 0 Å². The summed E-state index contributed by atoms with van der Waals surface area (Å²) in [6.45, 7) is 6.20. The molecule has 30 heavy (non-hydrogen) atoms. The van der Waals surface area contributed by atoms with Gasteiger partial charge in [0.1, 0.15) is 0 Å². The Kier molecular flexibility index (Phi) is 5.86. The fourth-order valence-electron chi connectivity index (χ4n) is 3.71. The summed E-state index contributed by atoms with van der Waals surface area (Å²) in [4.78, 5) is 12.9. The molecule has 0 aliphatic rings. The highest BCUT2D eigenvalue weighted by Crippen LogP contribution is 2.28. The molecule has 0 saturated carbocycles. The Labute approximate surface area is 180 Å². The van der Waals surface area contributed by atoms with Crippen molar-refractivity contribution in [3.63, 3.8) is 0 Å². The predicted molar refractivity (Wildman–Crippen MR) is 119 cm³/mol. The van der Waals surface area contributed by atoms with Crippen LogP contribution in [0.1, 0.15) is 40.3 Å². The average molecular weight is 418 g/mol. The number of thioether (sulfide) groups is 1. The summed E-state index contributed by atoms with van der Waals surface area (Å²) in [5.74, 6) is 0.764. The Morgan fingerprint density at radius 2 is 1.70 bits per heavy atom. The van der Waals surface area contributed by atoms with Gasteiger partial charge in [0.25, 0.3) is 5.22 Å². The molecule has 0 saturated heterocycles. The second kappa shape index (κ2) is 8.71. The van der Waals surface area contributed by atoms with Crippen LogP contribution in [0.25, 0.3) is 11.5 Å². The van der Waals surface area contributed by atoms with Crippen LogP contribution < -0.4 is 0 Å². The van der Waals surface area contributed by atoms with Gasteiger partial charge in [-0.05, 0) is 44.5 Å². The van der Waals surface area contributed by atoms with E-state index in [0.717, 1.165) is 22.5 Å². The van der Waals surface area contributed by atoms with Crippen LogP contribution in [-0.2, 0) is 0 Å². The van der Waals surface area contributed by atoms with E-state index in [4.69, 9.17) is 4.42 Å². The minimum absolute atomic E-state index is 0.0547. The molecule has 0 amide bonds. The molecule has 2 aromatic heterocycles. The lowest BCUT2D eigenvalue weighted by Crippen LogP contribution is -2.11. The molecule has 152 valence electrons. The van der Waals surface area contributed by atoms with Crippen LogP contribution in [0.15, 0.2) is 76.4 Å². The van der Waals surface area contributed by atoms with Crippen molar-refractivity contribution in [2.24, 2.45) is 0 Å². The maximum Gasteiger partial charge on any atom is 0.277 e. The zero-order chi connectivity index (χ0) is 21.1. The molecule has 0 spiro atoms. The lowest BCUT2D eigenvalue weighted by molar-refractivity contribution is 0.102. The van der Waals surface area contributed by atoms with Gasteiger partial charge in [-0.15, -0.1) is 10.2 Å². The monoisotopic (exact) mass is 417 g/mol. The zero-order valence-corrected chi connectivity index (χ0v) is 18.0. The maximum absolute atomic E-state index is 12.9. The molecule has 2 heterocycles. The number of ketones is 1. The molecule has 1 atom stereocenters. The van der Waals surface area contributed by atoms with Crippen molar-refractivity contribution in [3.8, 4) is 11.5 Å². The number of aryl methyl sites for hydroxylation is 1. The summed E-state index contributed by atoms with van der Waals surface area (Å²) >= 11 is 1.27. The van der Waals surface area contributed by atoms with Crippen molar-refractivity contribution in [2.75, 3.05) is 5.75 Å². The number of aromatic nitrogens is 3. The van der Waals surface area contributed by atoms with Crippen LogP contribution in [-0.4, -0.2) is 26.3 Å². The molecule has 0 fully saturated rings. The minimum atomic E-state index is 0.0547. The first-order valence-corrected chi connectivity index (χ1v) is 10.8. The second-order valence-corrected chi connectivity index (χ2v) is 8.12. The molecule has 2 aromatic carbocycles. The fourth-order valence-corrected chi connectivity index (χ4v) is 4.35. The summed E-state index contributed by atoms with van der Waals surface area (Å²) in [6.07, 6.45) is 0. The number of carbonyl (C=O) groups is 1. The van der Waals surface area contributed by atoms with Crippen molar-refractivity contribution in [3.05, 3.63) is 89.2 Å². The van der Waals surface area contributed by atoms with E-state index < -0.39 is 0 Å². The quantitative estimate of drug-likeness (QED) is 0.283. The van der Waals surface area contributed by atoms with E-state index in [9.17, 15) is 4.79 Å². The zero-order valence-electron chi connectivity index (χ0n) is 17.2. The normalized spacial score (nSPS) is 12.1. The molecular formula is C24H23N3O2S. The van der Waals surface area contributed by atoms with Gasteiger partial charge in [-0.3, -0.25) is 4.79 Å². The first kappa shape index (κ1) is 20.2. The van der Waals surface area contributed by atoms with Crippen molar-refractivity contribution >= 4 is 17.5 Å². The van der Waals surface area contributed by atoms with E-state index in [0.29, 0.717) is 11.1 Å². The topological polar surface area (TPSA) is 60.9 Å². The maximum atomic E-state index is 12.9. The highest BCUT2D eigenvalue weighted by Gasteiger charge is 2.20. The van der Waals surface area contributed by atoms with Crippen molar-refractivity contribution in [1.29, 1.82) is 0 Å². The van der Waals surface area contributed by atoms with Gasteiger partial charge in [0, 0.05) is 22.5 Å². The number of carbonyl (C=O) groups excluding carboxylic acids is 1. The van der Waals surface area contributed by atoms with Gasteiger partial charge >= 0.3 is 0 Å². The molecule has 0 bridgehead atoms. The van der Waals surface area contributed by atoms with Crippen molar-refractivity contribution in [2.45, 2.75) is 32.0 Å². The van der Waals surface area contributed by atoms with E-state index in [1.54, 1.807) is 0 Å². The molecule has 4 aromatic rings. The molecule has 0 aliphatic carbocycles. The number of Topliss-reactive ketones (excluding diaryl/α,β-unsaturated/α-hetero) is 1.